The highest BCUT2D eigenvalue weighted by Gasteiger charge is 2.44. The zero-order chi connectivity index (χ0) is 24.9. The Morgan fingerprint density at radius 2 is 1.43 bits per heavy atom. The topological polar surface area (TPSA) is 46.6 Å². The number of carbonyl (C=O) groups excluding carboxylic acids is 2. The molecule has 2 bridgehead atoms. The summed E-state index contributed by atoms with van der Waals surface area (Å²) in [6, 6.07) is 25.3. The van der Waals surface area contributed by atoms with Crippen LogP contribution in [-0.2, 0) is 16.0 Å². The molecule has 4 nitrogen and oxygen atoms in total. The maximum absolute atomic E-state index is 13.5. The summed E-state index contributed by atoms with van der Waals surface area (Å²) in [7, 11) is 0. The Morgan fingerprint density at radius 1 is 0.811 bits per heavy atom. The Morgan fingerprint density at radius 3 is 2.11 bits per heavy atom. The number of piperidine rings is 2. The molecule has 7 rings (SSSR count). The highest BCUT2D eigenvalue weighted by atomic mass is 16.6. The van der Waals surface area contributed by atoms with Crippen LogP contribution in [0.2, 0.25) is 0 Å². The normalized spacial score (nSPS) is 23.6. The molecular formula is C33H31NO3. The minimum absolute atomic E-state index is 0.00602. The standard InChI is InChI=1S/C33H31NO3/c35-32(23-16-21-8-1-2-9-22(21)17-23)24-18-25-10-7-11-26(19-24)34(25)33(36)37-20-31-29-14-5-3-12-27(29)28-13-4-6-15-30(28)31/h1-6,8-9,12-16,24-26,31H,7,10-11,17-20H2. The predicted octanol–water partition coefficient (Wildman–Crippen LogP) is 6.78. The molecule has 2 heterocycles. The summed E-state index contributed by atoms with van der Waals surface area (Å²) in [4.78, 5) is 29.0. The molecule has 2 fully saturated rings. The van der Waals surface area contributed by atoms with E-state index in [2.05, 4.69) is 66.7 Å². The molecule has 3 aromatic rings. The Bertz CT molecular complexity index is 1360. The fraction of sp³-hybridized carbons (Fsp3) is 0.333. The van der Waals surface area contributed by atoms with Crippen molar-refractivity contribution in [3.05, 3.63) is 101 Å². The van der Waals surface area contributed by atoms with Gasteiger partial charge in [0.1, 0.15) is 6.61 Å². The van der Waals surface area contributed by atoms with Crippen molar-refractivity contribution < 1.29 is 14.3 Å². The van der Waals surface area contributed by atoms with Gasteiger partial charge in [-0.25, -0.2) is 4.79 Å². The molecule has 0 aromatic heterocycles. The maximum atomic E-state index is 13.5. The second-order valence-electron chi connectivity index (χ2n) is 11.0. The average molecular weight is 490 g/mol. The van der Waals surface area contributed by atoms with Gasteiger partial charge in [0.2, 0.25) is 0 Å². The molecule has 2 aliphatic heterocycles. The summed E-state index contributed by atoms with van der Waals surface area (Å²) in [5.41, 5.74) is 8.26. The van der Waals surface area contributed by atoms with Crippen LogP contribution in [0.25, 0.3) is 17.2 Å². The molecule has 2 saturated heterocycles. The fourth-order valence-corrected chi connectivity index (χ4v) is 7.26. The zero-order valence-corrected chi connectivity index (χ0v) is 20.9. The zero-order valence-electron chi connectivity index (χ0n) is 20.9. The number of Topliss-reactive ketones (excluding diaryl/α,β-unsaturated/α-hetero) is 1. The fourth-order valence-electron chi connectivity index (χ4n) is 7.26. The molecule has 2 atom stereocenters. The summed E-state index contributed by atoms with van der Waals surface area (Å²) in [6.45, 7) is 0.344. The van der Waals surface area contributed by atoms with Gasteiger partial charge in [0.05, 0.1) is 0 Å². The van der Waals surface area contributed by atoms with E-state index >= 15 is 0 Å². The first-order valence-corrected chi connectivity index (χ1v) is 13.6. The summed E-state index contributed by atoms with van der Waals surface area (Å²) in [5.74, 6) is 0.333. The van der Waals surface area contributed by atoms with Crippen molar-refractivity contribution in [1.82, 2.24) is 4.90 Å². The Hall–Kier alpha value is -3.66. The summed E-state index contributed by atoms with van der Waals surface area (Å²) in [5, 5.41) is 0. The van der Waals surface area contributed by atoms with Crippen LogP contribution in [0.5, 0.6) is 0 Å². The lowest BCUT2D eigenvalue weighted by Crippen LogP contribution is -2.56. The van der Waals surface area contributed by atoms with Gasteiger partial charge in [-0.3, -0.25) is 4.79 Å². The van der Waals surface area contributed by atoms with Crippen molar-refractivity contribution in [3.63, 3.8) is 0 Å². The number of hydrogen-bond acceptors (Lipinski definition) is 3. The number of benzene rings is 3. The van der Waals surface area contributed by atoms with Crippen molar-refractivity contribution >= 4 is 18.0 Å². The van der Waals surface area contributed by atoms with Gasteiger partial charge in [-0.05, 0) is 71.6 Å². The lowest BCUT2D eigenvalue weighted by atomic mass is 9.75. The minimum atomic E-state index is -0.213. The van der Waals surface area contributed by atoms with Gasteiger partial charge >= 0.3 is 6.09 Å². The summed E-state index contributed by atoms with van der Waals surface area (Å²) >= 11 is 0. The van der Waals surface area contributed by atoms with Crippen LogP contribution in [0.15, 0.2) is 78.4 Å². The van der Waals surface area contributed by atoms with Crippen LogP contribution in [0.4, 0.5) is 4.79 Å². The van der Waals surface area contributed by atoms with Crippen LogP contribution < -0.4 is 0 Å². The number of fused-ring (bicyclic) bond motifs is 6. The van der Waals surface area contributed by atoms with Gasteiger partial charge in [0.15, 0.2) is 5.78 Å². The van der Waals surface area contributed by atoms with Gasteiger partial charge in [-0.2, -0.15) is 0 Å². The van der Waals surface area contributed by atoms with E-state index in [4.69, 9.17) is 4.74 Å². The first kappa shape index (κ1) is 22.5. The van der Waals surface area contributed by atoms with Gasteiger partial charge < -0.3 is 9.64 Å². The first-order chi connectivity index (χ1) is 18.2. The van der Waals surface area contributed by atoms with Crippen LogP contribution in [0, 0.1) is 5.92 Å². The maximum Gasteiger partial charge on any atom is 0.410 e. The molecule has 3 aromatic carbocycles. The quantitative estimate of drug-likeness (QED) is 0.406. The Kier molecular flexibility index (Phi) is 5.49. The molecule has 2 unspecified atom stereocenters. The van der Waals surface area contributed by atoms with Gasteiger partial charge in [0, 0.05) is 35.9 Å². The Balaban J connectivity index is 1.05. The number of carbonyl (C=O) groups is 2. The van der Waals surface area contributed by atoms with Crippen molar-refractivity contribution in [2.75, 3.05) is 6.61 Å². The minimum Gasteiger partial charge on any atom is -0.448 e. The highest BCUT2D eigenvalue weighted by molar-refractivity contribution is 6.03. The number of ketones is 1. The third kappa shape index (κ3) is 3.81. The summed E-state index contributed by atoms with van der Waals surface area (Å²) < 4.78 is 6.04. The number of rotatable bonds is 4. The van der Waals surface area contributed by atoms with E-state index in [9.17, 15) is 9.59 Å². The van der Waals surface area contributed by atoms with E-state index in [1.54, 1.807) is 0 Å². The first-order valence-electron chi connectivity index (χ1n) is 13.6. The molecule has 2 aliphatic carbocycles. The van der Waals surface area contributed by atoms with E-state index in [-0.39, 0.29) is 35.8 Å². The number of hydrogen-bond donors (Lipinski definition) is 0. The molecule has 186 valence electrons. The van der Waals surface area contributed by atoms with E-state index in [0.29, 0.717) is 6.61 Å². The monoisotopic (exact) mass is 489 g/mol. The number of allylic oxidation sites excluding steroid dienone is 1. The third-order valence-electron chi connectivity index (χ3n) is 8.97. The van der Waals surface area contributed by atoms with Crippen LogP contribution in [0.3, 0.4) is 0 Å². The van der Waals surface area contributed by atoms with Gasteiger partial charge in [-0.15, -0.1) is 0 Å². The van der Waals surface area contributed by atoms with E-state index in [1.807, 2.05) is 17.0 Å². The molecule has 0 radical (unpaired) electrons. The molecule has 1 amide bonds. The third-order valence-corrected chi connectivity index (χ3v) is 8.97. The van der Waals surface area contributed by atoms with E-state index < -0.39 is 0 Å². The molecule has 0 N–H and O–H groups in total. The highest BCUT2D eigenvalue weighted by Crippen LogP contribution is 2.45. The predicted molar refractivity (Wildman–Crippen MR) is 144 cm³/mol. The lowest BCUT2D eigenvalue weighted by molar-refractivity contribution is -0.122. The molecule has 0 saturated carbocycles. The van der Waals surface area contributed by atoms with Crippen molar-refractivity contribution in [2.24, 2.45) is 5.92 Å². The van der Waals surface area contributed by atoms with Crippen molar-refractivity contribution in [2.45, 2.75) is 56.5 Å². The van der Waals surface area contributed by atoms with Gasteiger partial charge in [-0.1, -0.05) is 72.8 Å². The molecule has 0 spiro atoms. The van der Waals surface area contributed by atoms with Crippen molar-refractivity contribution in [3.8, 4) is 11.1 Å². The average Bonchev–Trinajstić information content (AvgIpc) is 3.50. The molecular weight excluding hydrogens is 458 g/mol. The van der Waals surface area contributed by atoms with Crippen LogP contribution in [-0.4, -0.2) is 35.5 Å². The number of ether oxygens (including phenoxy) is 1. The number of nitrogens with zero attached hydrogens (tertiary/aromatic N) is 1. The smallest absolute Gasteiger partial charge is 0.410 e. The summed E-state index contributed by atoms with van der Waals surface area (Å²) in [6.07, 6.45) is 7.09. The lowest BCUT2D eigenvalue weighted by Gasteiger charge is -2.47. The second-order valence-corrected chi connectivity index (χ2v) is 11.0. The van der Waals surface area contributed by atoms with Crippen LogP contribution in [0.1, 0.15) is 60.3 Å². The second kappa shape index (κ2) is 9.02. The molecule has 37 heavy (non-hydrogen) atoms. The van der Waals surface area contributed by atoms with E-state index in [0.717, 1.165) is 44.1 Å². The molecule has 4 heteroatoms. The van der Waals surface area contributed by atoms with Crippen LogP contribution >= 0.6 is 0 Å². The SMILES string of the molecule is O=C(C1=Cc2ccccc2C1)C1CC2CCCC(C1)N2C(=O)OCC1c2ccccc2-c2ccccc21. The van der Waals surface area contributed by atoms with Crippen molar-refractivity contribution in [1.29, 1.82) is 0 Å². The molecule has 4 aliphatic rings. The Labute approximate surface area is 218 Å². The van der Waals surface area contributed by atoms with E-state index in [1.165, 1.54) is 33.4 Å². The van der Waals surface area contributed by atoms with Gasteiger partial charge in [0.25, 0.3) is 0 Å². The number of amides is 1. The largest absolute Gasteiger partial charge is 0.448 e.